The molecule has 0 aliphatic heterocycles. The van der Waals surface area contributed by atoms with Crippen molar-refractivity contribution in [3.05, 3.63) is 18.0 Å². The van der Waals surface area contributed by atoms with Crippen LogP contribution in [0, 0.1) is 0 Å². The van der Waals surface area contributed by atoms with Crippen molar-refractivity contribution in [2.45, 2.75) is 50.4 Å². The molecule has 0 unspecified atom stereocenters. The maximum Gasteiger partial charge on any atom is 0.0534 e. The Bertz CT molecular complexity index is 275. The maximum atomic E-state index is 5.76. The van der Waals surface area contributed by atoms with Crippen LogP contribution in [-0.4, -0.2) is 9.78 Å². The Hall–Kier alpha value is -0.500. The molecule has 0 amide bonds. The minimum Gasteiger partial charge on any atom is -0.269 e. The lowest BCUT2D eigenvalue weighted by Crippen LogP contribution is -2.08. The van der Waals surface area contributed by atoms with Gasteiger partial charge in [0.15, 0.2) is 0 Å². The second kappa shape index (κ2) is 4.83. The fourth-order valence-electron chi connectivity index (χ4n) is 2.17. The van der Waals surface area contributed by atoms with Gasteiger partial charge in [-0.15, -0.1) is 11.6 Å². The topological polar surface area (TPSA) is 17.8 Å². The molecule has 3 heteroatoms. The van der Waals surface area contributed by atoms with Gasteiger partial charge in [-0.1, -0.05) is 25.7 Å². The van der Waals surface area contributed by atoms with Crippen LogP contribution in [0.5, 0.6) is 0 Å². The Morgan fingerprint density at radius 1 is 1.29 bits per heavy atom. The van der Waals surface area contributed by atoms with E-state index < -0.39 is 0 Å². The summed E-state index contributed by atoms with van der Waals surface area (Å²) in [5.74, 6) is 0.576. The molecule has 0 N–H and O–H groups in total. The first-order valence-electron chi connectivity index (χ1n) is 5.49. The Labute approximate surface area is 90.3 Å². The van der Waals surface area contributed by atoms with Gasteiger partial charge in [0, 0.05) is 11.8 Å². The van der Waals surface area contributed by atoms with Gasteiger partial charge in [-0.2, -0.15) is 5.10 Å². The van der Waals surface area contributed by atoms with Crippen molar-refractivity contribution in [1.29, 1.82) is 0 Å². The lowest BCUT2D eigenvalue weighted by molar-refractivity contribution is 0.405. The molecule has 0 saturated heterocycles. The van der Waals surface area contributed by atoms with Crippen molar-refractivity contribution in [1.82, 2.24) is 9.78 Å². The summed E-state index contributed by atoms with van der Waals surface area (Å²) in [6.07, 6.45) is 12.0. The number of hydrogen-bond donors (Lipinski definition) is 0. The highest BCUT2D eigenvalue weighted by Crippen LogP contribution is 2.26. The van der Waals surface area contributed by atoms with Crippen molar-refractivity contribution >= 4 is 11.6 Å². The van der Waals surface area contributed by atoms with Gasteiger partial charge in [-0.3, -0.25) is 4.68 Å². The van der Waals surface area contributed by atoms with E-state index in [1.54, 1.807) is 0 Å². The third-order valence-corrected chi connectivity index (χ3v) is 3.32. The Morgan fingerprint density at radius 3 is 2.57 bits per heavy atom. The smallest absolute Gasteiger partial charge is 0.0534 e. The van der Waals surface area contributed by atoms with Crippen molar-refractivity contribution in [3.8, 4) is 0 Å². The SMILES string of the molecule is ClCc1cnn(C2CCCCCC2)c1. The van der Waals surface area contributed by atoms with Gasteiger partial charge in [-0.05, 0) is 12.8 Å². The van der Waals surface area contributed by atoms with Crippen molar-refractivity contribution in [2.75, 3.05) is 0 Å². The Kier molecular flexibility index (Phi) is 3.46. The third kappa shape index (κ3) is 2.30. The Morgan fingerprint density at radius 2 is 2.00 bits per heavy atom. The average Bonchev–Trinajstić information content (AvgIpc) is 2.53. The summed E-state index contributed by atoms with van der Waals surface area (Å²) in [7, 11) is 0. The molecule has 0 bridgehead atoms. The zero-order chi connectivity index (χ0) is 9.80. The highest BCUT2D eigenvalue weighted by atomic mass is 35.5. The molecule has 1 aromatic heterocycles. The second-order valence-electron chi connectivity index (χ2n) is 4.11. The van der Waals surface area contributed by atoms with Gasteiger partial charge in [0.2, 0.25) is 0 Å². The van der Waals surface area contributed by atoms with Crippen LogP contribution in [0.15, 0.2) is 12.4 Å². The van der Waals surface area contributed by atoms with Gasteiger partial charge < -0.3 is 0 Å². The van der Waals surface area contributed by atoms with E-state index in [-0.39, 0.29) is 0 Å². The van der Waals surface area contributed by atoms with Crippen LogP contribution in [-0.2, 0) is 5.88 Å². The fraction of sp³-hybridized carbons (Fsp3) is 0.727. The largest absolute Gasteiger partial charge is 0.269 e. The van der Waals surface area contributed by atoms with Crippen LogP contribution in [0.3, 0.4) is 0 Å². The number of rotatable bonds is 2. The molecule has 0 atom stereocenters. The van der Waals surface area contributed by atoms with Crippen LogP contribution in [0.1, 0.15) is 50.1 Å². The maximum absolute atomic E-state index is 5.76. The number of aromatic nitrogens is 2. The second-order valence-corrected chi connectivity index (χ2v) is 4.37. The van der Waals surface area contributed by atoms with E-state index in [2.05, 4.69) is 16.0 Å². The monoisotopic (exact) mass is 212 g/mol. The van der Waals surface area contributed by atoms with E-state index in [1.807, 2.05) is 6.20 Å². The summed E-state index contributed by atoms with van der Waals surface area (Å²) >= 11 is 5.76. The molecule has 1 saturated carbocycles. The van der Waals surface area contributed by atoms with E-state index in [1.165, 1.54) is 38.5 Å². The lowest BCUT2D eigenvalue weighted by atomic mass is 10.1. The molecule has 1 heterocycles. The molecule has 1 aliphatic rings. The molecule has 1 fully saturated rings. The van der Waals surface area contributed by atoms with Gasteiger partial charge >= 0.3 is 0 Å². The molecule has 0 spiro atoms. The van der Waals surface area contributed by atoms with E-state index in [0.29, 0.717) is 11.9 Å². The summed E-state index contributed by atoms with van der Waals surface area (Å²) in [6.45, 7) is 0. The van der Waals surface area contributed by atoms with Crippen LogP contribution >= 0.6 is 11.6 Å². The first kappa shape index (κ1) is 10.0. The number of hydrogen-bond acceptors (Lipinski definition) is 1. The first-order chi connectivity index (χ1) is 6.90. The van der Waals surface area contributed by atoms with Crippen LogP contribution in [0.25, 0.3) is 0 Å². The van der Waals surface area contributed by atoms with Crippen molar-refractivity contribution in [2.24, 2.45) is 0 Å². The minimum atomic E-state index is 0.576. The molecular weight excluding hydrogens is 196 g/mol. The predicted octanol–water partition coefficient (Wildman–Crippen LogP) is 3.52. The number of alkyl halides is 1. The fourth-order valence-corrected chi connectivity index (χ4v) is 2.31. The zero-order valence-electron chi connectivity index (χ0n) is 8.45. The van der Waals surface area contributed by atoms with Crippen LogP contribution < -0.4 is 0 Å². The summed E-state index contributed by atoms with van der Waals surface area (Å²) in [5.41, 5.74) is 1.14. The molecule has 78 valence electrons. The standard InChI is InChI=1S/C11H17ClN2/c12-7-10-8-13-14(9-10)11-5-3-1-2-4-6-11/h8-9,11H,1-7H2. The third-order valence-electron chi connectivity index (χ3n) is 3.01. The molecule has 14 heavy (non-hydrogen) atoms. The molecule has 0 aromatic carbocycles. The molecular formula is C11H17ClN2. The molecule has 2 rings (SSSR count). The average molecular weight is 213 g/mol. The molecule has 1 aliphatic carbocycles. The molecule has 0 radical (unpaired) electrons. The quantitative estimate of drug-likeness (QED) is 0.542. The van der Waals surface area contributed by atoms with Crippen molar-refractivity contribution < 1.29 is 0 Å². The van der Waals surface area contributed by atoms with Gasteiger partial charge in [-0.25, -0.2) is 0 Å². The highest BCUT2D eigenvalue weighted by molar-refractivity contribution is 6.17. The number of halogens is 1. The first-order valence-corrected chi connectivity index (χ1v) is 6.02. The summed E-state index contributed by atoms with van der Waals surface area (Å²) in [4.78, 5) is 0. The minimum absolute atomic E-state index is 0.576. The van der Waals surface area contributed by atoms with E-state index in [4.69, 9.17) is 11.6 Å². The summed E-state index contributed by atoms with van der Waals surface area (Å²) < 4.78 is 2.11. The zero-order valence-corrected chi connectivity index (χ0v) is 9.21. The van der Waals surface area contributed by atoms with Gasteiger partial charge in [0.1, 0.15) is 0 Å². The van der Waals surface area contributed by atoms with Gasteiger partial charge in [0.05, 0.1) is 18.1 Å². The highest BCUT2D eigenvalue weighted by Gasteiger charge is 2.14. The summed E-state index contributed by atoms with van der Waals surface area (Å²) in [6, 6.07) is 0.620. The van der Waals surface area contributed by atoms with E-state index >= 15 is 0 Å². The van der Waals surface area contributed by atoms with Crippen LogP contribution in [0.2, 0.25) is 0 Å². The summed E-state index contributed by atoms with van der Waals surface area (Å²) in [5, 5.41) is 4.38. The predicted molar refractivity (Wildman–Crippen MR) is 58.5 cm³/mol. The van der Waals surface area contributed by atoms with E-state index in [0.717, 1.165) is 5.56 Å². The van der Waals surface area contributed by atoms with E-state index in [9.17, 15) is 0 Å². The van der Waals surface area contributed by atoms with Crippen molar-refractivity contribution in [3.63, 3.8) is 0 Å². The van der Waals surface area contributed by atoms with Gasteiger partial charge in [0.25, 0.3) is 0 Å². The normalized spacial score (nSPS) is 19.5. The lowest BCUT2D eigenvalue weighted by Gasteiger charge is -2.13. The molecule has 1 aromatic rings. The number of nitrogens with zero attached hydrogens (tertiary/aromatic N) is 2. The van der Waals surface area contributed by atoms with Crippen LogP contribution in [0.4, 0.5) is 0 Å². The molecule has 2 nitrogen and oxygen atoms in total. The Balaban J connectivity index is 2.04.